The summed E-state index contributed by atoms with van der Waals surface area (Å²) in [6.45, 7) is 8.80. The molecule has 0 spiro atoms. The molecule has 0 aromatic rings. The highest BCUT2D eigenvalue weighted by Gasteiger charge is 2.21. The van der Waals surface area contributed by atoms with Crippen LogP contribution in [-0.4, -0.2) is 24.0 Å². The molecule has 1 unspecified atom stereocenters. The molecule has 0 N–H and O–H groups in total. The van der Waals surface area contributed by atoms with Crippen molar-refractivity contribution in [2.24, 2.45) is 5.41 Å². The van der Waals surface area contributed by atoms with Gasteiger partial charge >= 0.3 is 0 Å². The highest BCUT2D eigenvalue weighted by Crippen LogP contribution is 2.23. The first kappa shape index (κ1) is 11.5. The fourth-order valence-electron chi connectivity index (χ4n) is 2.10. The molecule has 0 saturated carbocycles. The normalized spacial score (nSPS) is 23.7. The van der Waals surface area contributed by atoms with Gasteiger partial charge in [0.15, 0.2) is 0 Å². The van der Waals surface area contributed by atoms with Crippen LogP contribution in [-0.2, 0) is 0 Å². The molecule has 1 atom stereocenters. The van der Waals surface area contributed by atoms with Gasteiger partial charge in [0.1, 0.15) is 0 Å². The van der Waals surface area contributed by atoms with Crippen LogP contribution in [0.1, 0.15) is 46.5 Å². The molecule has 2 nitrogen and oxygen atoms in total. The van der Waals surface area contributed by atoms with Gasteiger partial charge in [0.05, 0.1) is 11.5 Å². The molecule has 0 radical (unpaired) electrons. The molecule has 80 valence electrons. The van der Waals surface area contributed by atoms with E-state index < -0.39 is 0 Å². The van der Waals surface area contributed by atoms with E-state index in [1.54, 1.807) is 0 Å². The fraction of sp³-hybridized carbons (Fsp3) is 0.917. The molecule has 1 rings (SSSR count). The molecule has 1 fully saturated rings. The summed E-state index contributed by atoms with van der Waals surface area (Å²) in [6, 6.07) is 3.12. The van der Waals surface area contributed by atoms with Crippen LogP contribution in [0, 0.1) is 16.7 Å². The van der Waals surface area contributed by atoms with Crippen molar-refractivity contribution in [3.63, 3.8) is 0 Å². The summed E-state index contributed by atoms with van der Waals surface area (Å²) >= 11 is 0. The molecule has 1 aliphatic rings. The van der Waals surface area contributed by atoms with Gasteiger partial charge in [-0.15, -0.1) is 0 Å². The molecule has 1 heterocycles. The largest absolute Gasteiger partial charge is 0.301 e. The molecule has 0 bridgehead atoms. The standard InChI is InChI=1S/C12H22N2/c1-11-6-4-8-14(11)9-5-7-12(2,3)10-13/h11H,4-9H2,1-3H3. The maximum atomic E-state index is 8.87. The van der Waals surface area contributed by atoms with E-state index in [0.29, 0.717) is 0 Å². The number of hydrogen-bond donors (Lipinski definition) is 0. The van der Waals surface area contributed by atoms with E-state index >= 15 is 0 Å². The number of nitrogens with zero attached hydrogens (tertiary/aromatic N) is 2. The van der Waals surface area contributed by atoms with E-state index in [1.807, 2.05) is 13.8 Å². The van der Waals surface area contributed by atoms with Gasteiger partial charge in [0, 0.05) is 6.04 Å². The van der Waals surface area contributed by atoms with Crippen molar-refractivity contribution in [1.82, 2.24) is 4.90 Å². The summed E-state index contributed by atoms with van der Waals surface area (Å²) < 4.78 is 0. The topological polar surface area (TPSA) is 27.0 Å². The lowest BCUT2D eigenvalue weighted by Gasteiger charge is -2.22. The highest BCUT2D eigenvalue weighted by molar-refractivity contribution is 4.91. The Kier molecular flexibility index (Phi) is 3.95. The lowest BCUT2D eigenvalue weighted by Crippen LogP contribution is -2.28. The number of hydrogen-bond acceptors (Lipinski definition) is 2. The molecule has 0 amide bonds. The number of likely N-dealkylation sites (tertiary alicyclic amines) is 1. The van der Waals surface area contributed by atoms with Crippen LogP contribution in [0.3, 0.4) is 0 Å². The SMILES string of the molecule is CC1CCCN1CCCC(C)(C)C#N. The van der Waals surface area contributed by atoms with Gasteiger partial charge < -0.3 is 4.90 Å². The average Bonchev–Trinajstić information content (AvgIpc) is 2.52. The molecule has 1 aliphatic heterocycles. The van der Waals surface area contributed by atoms with Crippen LogP contribution >= 0.6 is 0 Å². The molecule has 1 saturated heterocycles. The third kappa shape index (κ3) is 3.31. The summed E-state index contributed by atoms with van der Waals surface area (Å²) in [5, 5.41) is 8.87. The summed E-state index contributed by atoms with van der Waals surface area (Å²) in [6.07, 6.45) is 4.88. The zero-order valence-electron chi connectivity index (χ0n) is 9.71. The Balaban J connectivity index is 2.19. The van der Waals surface area contributed by atoms with Crippen LogP contribution in [0.15, 0.2) is 0 Å². The number of rotatable bonds is 4. The van der Waals surface area contributed by atoms with Crippen molar-refractivity contribution >= 4 is 0 Å². The fourth-order valence-corrected chi connectivity index (χ4v) is 2.10. The Morgan fingerprint density at radius 1 is 1.50 bits per heavy atom. The Labute approximate surface area is 87.9 Å². The van der Waals surface area contributed by atoms with Gasteiger partial charge in [-0.1, -0.05) is 0 Å². The van der Waals surface area contributed by atoms with Crippen molar-refractivity contribution in [2.45, 2.75) is 52.5 Å². The zero-order chi connectivity index (χ0) is 10.6. The Morgan fingerprint density at radius 2 is 2.21 bits per heavy atom. The monoisotopic (exact) mass is 194 g/mol. The third-order valence-corrected chi connectivity index (χ3v) is 3.24. The second-order valence-corrected chi connectivity index (χ2v) is 5.13. The van der Waals surface area contributed by atoms with Crippen molar-refractivity contribution in [1.29, 1.82) is 5.26 Å². The summed E-state index contributed by atoms with van der Waals surface area (Å²) in [5.74, 6) is 0. The third-order valence-electron chi connectivity index (χ3n) is 3.24. The zero-order valence-corrected chi connectivity index (χ0v) is 9.71. The molecule has 0 aromatic carbocycles. The minimum Gasteiger partial charge on any atom is -0.301 e. The van der Waals surface area contributed by atoms with E-state index in [9.17, 15) is 0 Å². The van der Waals surface area contributed by atoms with E-state index in [1.165, 1.54) is 25.9 Å². The number of nitriles is 1. The van der Waals surface area contributed by atoms with Crippen molar-refractivity contribution in [3.8, 4) is 6.07 Å². The van der Waals surface area contributed by atoms with Gasteiger partial charge in [0.2, 0.25) is 0 Å². The maximum absolute atomic E-state index is 8.87. The van der Waals surface area contributed by atoms with Crippen LogP contribution < -0.4 is 0 Å². The predicted octanol–water partition coefficient (Wildman–Crippen LogP) is 2.80. The minimum atomic E-state index is -0.136. The Morgan fingerprint density at radius 3 is 2.71 bits per heavy atom. The highest BCUT2D eigenvalue weighted by atomic mass is 15.2. The van der Waals surface area contributed by atoms with Crippen molar-refractivity contribution in [2.75, 3.05) is 13.1 Å². The van der Waals surface area contributed by atoms with Gasteiger partial charge in [-0.2, -0.15) is 5.26 Å². The Bertz CT molecular complexity index is 215. The first-order valence-electron chi connectivity index (χ1n) is 5.70. The quantitative estimate of drug-likeness (QED) is 0.688. The molecule has 14 heavy (non-hydrogen) atoms. The van der Waals surface area contributed by atoms with Crippen molar-refractivity contribution in [3.05, 3.63) is 0 Å². The van der Waals surface area contributed by atoms with Crippen LogP contribution in [0.5, 0.6) is 0 Å². The van der Waals surface area contributed by atoms with E-state index in [4.69, 9.17) is 5.26 Å². The first-order valence-corrected chi connectivity index (χ1v) is 5.70. The molecule has 2 heteroatoms. The van der Waals surface area contributed by atoms with Gasteiger partial charge in [-0.3, -0.25) is 0 Å². The Hall–Kier alpha value is -0.550. The molecule has 0 aromatic heterocycles. The minimum absolute atomic E-state index is 0.136. The van der Waals surface area contributed by atoms with E-state index in [2.05, 4.69) is 17.9 Å². The maximum Gasteiger partial charge on any atom is 0.0683 e. The van der Waals surface area contributed by atoms with Crippen LogP contribution in [0.2, 0.25) is 0 Å². The second kappa shape index (κ2) is 4.79. The van der Waals surface area contributed by atoms with Crippen LogP contribution in [0.25, 0.3) is 0 Å². The molecular weight excluding hydrogens is 172 g/mol. The second-order valence-electron chi connectivity index (χ2n) is 5.13. The van der Waals surface area contributed by atoms with Gasteiger partial charge in [-0.05, 0) is 59.5 Å². The molecular formula is C12H22N2. The first-order chi connectivity index (χ1) is 6.55. The van der Waals surface area contributed by atoms with Crippen LogP contribution in [0.4, 0.5) is 0 Å². The van der Waals surface area contributed by atoms with Gasteiger partial charge in [-0.25, -0.2) is 0 Å². The summed E-state index contributed by atoms with van der Waals surface area (Å²) in [5.41, 5.74) is -0.136. The molecule has 0 aliphatic carbocycles. The average molecular weight is 194 g/mol. The summed E-state index contributed by atoms with van der Waals surface area (Å²) in [4.78, 5) is 2.55. The van der Waals surface area contributed by atoms with Crippen molar-refractivity contribution < 1.29 is 0 Å². The lowest BCUT2D eigenvalue weighted by atomic mass is 9.90. The van der Waals surface area contributed by atoms with E-state index in [-0.39, 0.29) is 5.41 Å². The lowest BCUT2D eigenvalue weighted by molar-refractivity contribution is 0.251. The smallest absolute Gasteiger partial charge is 0.0683 e. The van der Waals surface area contributed by atoms with Gasteiger partial charge in [0.25, 0.3) is 0 Å². The van der Waals surface area contributed by atoms with E-state index in [0.717, 1.165) is 18.9 Å². The summed E-state index contributed by atoms with van der Waals surface area (Å²) in [7, 11) is 0. The predicted molar refractivity (Wildman–Crippen MR) is 58.9 cm³/mol.